The number of methoxy groups -OCH3 is 1. The number of hydrogen-bond acceptors (Lipinski definition) is 5. The van der Waals surface area contributed by atoms with Crippen molar-refractivity contribution < 1.29 is 28.6 Å². The van der Waals surface area contributed by atoms with Crippen molar-refractivity contribution in [2.45, 2.75) is 31.4 Å². The van der Waals surface area contributed by atoms with Crippen LogP contribution in [-0.4, -0.2) is 47.4 Å². The Morgan fingerprint density at radius 2 is 1.80 bits per heavy atom. The van der Waals surface area contributed by atoms with Crippen molar-refractivity contribution >= 4 is 12.0 Å². The number of halogens is 2. The number of alkyl halides is 2. The number of carbonyl (C=O) groups excluding carboxylic acids is 1. The Bertz CT molecular complexity index is 885. The smallest absolute Gasteiger partial charge is 0.268 e. The summed E-state index contributed by atoms with van der Waals surface area (Å²) in [6, 6.07) is 15.3. The minimum atomic E-state index is -3.21. The van der Waals surface area contributed by atoms with E-state index >= 15 is 0 Å². The van der Waals surface area contributed by atoms with Gasteiger partial charge in [0.25, 0.3) is 12.3 Å². The second kappa shape index (κ2) is 9.80. The number of benzene rings is 2. The number of amides is 1. The number of hydroxylamine groups is 1. The maximum absolute atomic E-state index is 13.2. The van der Waals surface area contributed by atoms with E-state index in [0.29, 0.717) is 0 Å². The molecule has 30 heavy (non-hydrogen) atoms. The van der Waals surface area contributed by atoms with Gasteiger partial charge in [-0.15, -0.1) is 0 Å². The van der Waals surface area contributed by atoms with Crippen molar-refractivity contribution in [3.05, 3.63) is 60.2 Å². The van der Waals surface area contributed by atoms with Crippen LogP contribution >= 0.6 is 0 Å². The number of para-hydroxylation sites is 1. The Balaban J connectivity index is 2.10. The summed E-state index contributed by atoms with van der Waals surface area (Å²) in [4.78, 5) is 11.9. The summed E-state index contributed by atoms with van der Waals surface area (Å²) >= 11 is 0. The SMILES string of the molecule is COc1ccccc1-c1ccc(/C=C/CNC(C)(C(=O)NO)[C@](C)(O)C(F)F)cc1. The van der Waals surface area contributed by atoms with Gasteiger partial charge in [-0.2, -0.15) is 0 Å². The topological polar surface area (TPSA) is 90.8 Å². The summed E-state index contributed by atoms with van der Waals surface area (Å²) in [6.45, 7) is 1.93. The molecule has 0 fully saturated rings. The van der Waals surface area contributed by atoms with Gasteiger partial charge < -0.3 is 9.84 Å². The first-order valence-corrected chi connectivity index (χ1v) is 9.27. The van der Waals surface area contributed by atoms with E-state index < -0.39 is 23.5 Å². The fraction of sp³-hybridized carbons (Fsp3) is 0.318. The molecule has 0 aliphatic carbocycles. The summed E-state index contributed by atoms with van der Waals surface area (Å²) in [5.41, 5.74) is -0.712. The van der Waals surface area contributed by atoms with Crippen LogP contribution in [0.5, 0.6) is 5.75 Å². The number of ether oxygens (including phenoxy) is 1. The highest BCUT2D eigenvalue weighted by Gasteiger charge is 2.54. The first-order valence-electron chi connectivity index (χ1n) is 9.27. The van der Waals surface area contributed by atoms with E-state index in [9.17, 15) is 18.7 Å². The molecule has 0 radical (unpaired) electrons. The fourth-order valence-corrected chi connectivity index (χ4v) is 2.93. The molecule has 2 aromatic rings. The monoisotopic (exact) mass is 420 g/mol. The molecule has 0 heterocycles. The molecule has 4 N–H and O–H groups in total. The van der Waals surface area contributed by atoms with E-state index in [1.54, 1.807) is 19.3 Å². The number of aliphatic hydroxyl groups is 1. The third-order valence-corrected chi connectivity index (χ3v) is 5.21. The maximum atomic E-state index is 13.2. The zero-order valence-electron chi connectivity index (χ0n) is 17.0. The predicted molar refractivity (Wildman–Crippen MR) is 110 cm³/mol. The molecule has 1 unspecified atom stereocenters. The zero-order chi connectivity index (χ0) is 22.4. The Morgan fingerprint density at radius 3 is 2.37 bits per heavy atom. The second-order valence-corrected chi connectivity index (χ2v) is 7.12. The lowest BCUT2D eigenvalue weighted by molar-refractivity contribution is -0.166. The van der Waals surface area contributed by atoms with E-state index in [1.807, 2.05) is 48.5 Å². The third-order valence-electron chi connectivity index (χ3n) is 5.21. The van der Waals surface area contributed by atoms with Gasteiger partial charge in [0.1, 0.15) is 16.9 Å². The Kier molecular flexibility index (Phi) is 7.66. The Morgan fingerprint density at radius 1 is 1.17 bits per heavy atom. The number of nitrogens with one attached hydrogen (secondary N) is 2. The van der Waals surface area contributed by atoms with Gasteiger partial charge in [-0.05, 0) is 31.0 Å². The molecule has 0 spiro atoms. The zero-order valence-corrected chi connectivity index (χ0v) is 17.0. The fourth-order valence-electron chi connectivity index (χ4n) is 2.93. The summed E-state index contributed by atoms with van der Waals surface area (Å²) in [6.07, 6.45) is 0.162. The van der Waals surface area contributed by atoms with Crippen molar-refractivity contribution in [2.75, 3.05) is 13.7 Å². The van der Waals surface area contributed by atoms with Crippen molar-refractivity contribution in [3.63, 3.8) is 0 Å². The van der Waals surface area contributed by atoms with Gasteiger partial charge in [-0.3, -0.25) is 15.3 Å². The minimum Gasteiger partial charge on any atom is -0.496 e. The molecule has 8 heteroatoms. The molecular weight excluding hydrogens is 394 g/mol. The second-order valence-electron chi connectivity index (χ2n) is 7.12. The average molecular weight is 420 g/mol. The van der Waals surface area contributed by atoms with Crippen molar-refractivity contribution in [1.29, 1.82) is 0 Å². The van der Waals surface area contributed by atoms with Gasteiger partial charge in [0, 0.05) is 12.1 Å². The Labute approximate surface area is 174 Å². The molecule has 6 nitrogen and oxygen atoms in total. The van der Waals surface area contributed by atoms with E-state index in [-0.39, 0.29) is 6.54 Å². The molecule has 2 atom stereocenters. The van der Waals surface area contributed by atoms with Crippen molar-refractivity contribution in [3.8, 4) is 16.9 Å². The lowest BCUT2D eigenvalue weighted by atomic mass is 9.81. The normalized spacial score (nSPS) is 15.6. The molecule has 0 saturated heterocycles. The standard InChI is InChI=1S/C22H26F2N2O4/c1-21(20(27)26-29,22(2,28)19(23)24)25-14-6-7-15-10-12-16(13-11-15)17-8-4-5-9-18(17)30-3/h4-13,19,25,28-29H,14H2,1-3H3,(H,26,27)/b7-6+/t21?,22-/m1/s1. The quantitative estimate of drug-likeness (QED) is 0.369. The van der Waals surface area contributed by atoms with Crippen LogP contribution in [0, 0.1) is 0 Å². The third kappa shape index (κ3) is 4.84. The lowest BCUT2D eigenvalue weighted by Crippen LogP contribution is -2.69. The van der Waals surface area contributed by atoms with Crippen LogP contribution in [-0.2, 0) is 4.79 Å². The van der Waals surface area contributed by atoms with Crippen molar-refractivity contribution in [2.24, 2.45) is 0 Å². The van der Waals surface area contributed by atoms with Gasteiger partial charge in [-0.1, -0.05) is 54.6 Å². The molecule has 2 rings (SSSR count). The molecule has 1 amide bonds. The largest absolute Gasteiger partial charge is 0.496 e. The van der Waals surface area contributed by atoms with Crippen LogP contribution in [0.15, 0.2) is 54.6 Å². The first-order chi connectivity index (χ1) is 14.2. The van der Waals surface area contributed by atoms with Crippen LogP contribution in [0.1, 0.15) is 19.4 Å². The number of carbonyl (C=O) groups is 1. The van der Waals surface area contributed by atoms with Gasteiger partial charge in [0.05, 0.1) is 7.11 Å². The van der Waals surface area contributed by atoms with Crippen molar-refractivity contribution in [1.82, 2.24) is 10.8 Å². The van der Waals surface area contributed by atoms with Gasteiger partial charge in [-0.25, -0.2) is 14.3 Å². The summed E-state index contributed by atoms with van der Waals surface area (Å²) in [5, 5.41) is 21.6. The molecular formula is C22H26F2N2O4. The van der Waals surface area contributed by atoms with E-state index in [0.717, 1.165) is 36.3 Å². The Hall–Kier alpha value is -2.81. The lowest BCUT2D eigenvalue weighted by Gasteiger charge is -2.40. The maximum Gasteiger partial charge on any atom is 0.268 e. The molecule has 0 aliphatic heterocycles. The molecule has 162 valence electrons. The highest BCUT2D eigenvalue weighted by molar-refractivity contribution is 5.86. The highest BCUT2D eigenvalue weighted by Crippen LogP contribution is 2.30. The predicted octanol–water partition coefficient (Wildman–Crippen LogP) is 3.25. The van der Waals surface area contributed by atoms with Crippen LogP contribution in [0.4, 0.5) is 8.78 Å². The molecule has 2 aromatic carbocycles. The number of hydrogen-bond donors (Lipinski definition) is 4. The molecule has 0 aliphatic rings. The van der Waals surface area contributed by atoms with Gasteiger partial charge in [0.2, 0.25) is 0 Å². The van der Waals surface area contributed by atoms with Crippen LogP contribution in [0.3, 0.4) is 0 Å². The average Bonchev–Trinajstić information content (AvgIpc) is 2.76. The van der Waals surface area contributed by atoms with Crippen LogP contribution < -0.4 is 15.5 Å². The molecule has 0 saturated carbocycles. The van der Waals surface area contributed by atoms with E-state index in [4.69, 9.17) is 9.94 Å². The van der Waals surface area contributed by atoms with E-state index in [2.05, 4.69) is 5.32 Å². The van der Waals surface area contributed by atoms with Gasteiger partial charge in [0.15, 0.2) is 0 Å². The van der Waals surface area contributed by atoms with Crippen LogP contribution in [0.2, 0.25) is 0 Å². The minimum absolute atomic E-state index is 0.00104. The summed E-state index contributed by atoms with van der Waals surface area (Å²) in [7, 11) is 1.61. The van der Waals surface area contributed by atoms with Crippen LogP contribution in [0.25, 0.3) is 17.2 Å². The van der Waals surface area contributed by atoms with E-state index in [1.165, 1.54) is 5.48 Å². The molecule has 0 bridgehead atoms. The van der Waals surface area contributed by atoms with Gasteiger partial charge >= 0.3 is 0 Å². The molecule has 0 aromatic heterocycles. The first kappa shape index (κ1) is 23.5. The summed E-state index contributed by atoms with van der Waals surface area (Å²) < 4.78 is 31.8. The summed E-state index contributed by atoms with van der Waals surface area (Å²) in [5.74, 6) is -0.403. The number of rotatable bonds is 9. The highest BCUT2D eigenvalue weighted by atomic mass is 19.3.